The van der Waals surface area contributed by atoms with Gasteiger partial charge in [-0.3, -0.25) is 0 Å². The van der Waals surface area contributed by atoms with Gasteiger partial charge in [0.1, 0.15) is 13.2 Å². The van der Waals surface area contributed by atoms with Gasteiger partial charge in [-0.2, -0.15) is 0 Å². The Balaban J connectivity index is 0.000000470. The van der Waals surface area contributed by atoms with Gasteiger partial charge >= 0.3 is 11.9 Å². The number of carbonyl (C=O) groups excluding carboxylic acids is 2. The number of hydrogen-bond acceptors (Lipinski definition) is 5. The number of carbonyl (C=O) groups is 2. The lowest BCUT2D eigenvalue weighted by Crippen LogP contribution is -2.04. The number of aliphatic hydroxyl groups is 1. The van der Waals surface area contributed by atoms with Crippen LogP contribution in [-0.2, 0) is 19.1 Å². The summed E-state index contributed by atoms with van der Waals surface area (Å²) in [5.74, 6) is -0.846. The van der Waals surface area contributed by atoms with Crippen LogP contribution in [0.3, 0.4) is 0 Å². The first-order valence-corrected chi connectivity index (χ1v) is 7.14. The van der Waals surface area contributed by atoms with E-state index in [4.69, 9.17) is 9.84 Å². The van der Waals surface area contributed by atoms with Crippen LogP contribution in [0, 0.1) is 0 Å². The molecule has 0 saturated carbocycles. The lowest BCUT2D eigenvalue weighted by atomic mass is 10.2. The summed E-state index contributed by atoms with van der Waals surface area (Å²) in [6, 6.07) is 9.82. The van der Waals surface area contributed by atoms with Crippen molar-refractivity contribution in [2.75, 3.05) is 13.2 Å². The average Bonchev–Trinajstić information content (AvgIpc) is 2.60. The van der Waals surface area contributed by atoms with Gasteiger partial charge in [0.25, 0.3) is 0 Å². The van der Waals surface area contributed by atoms with E-state index < -0.39 is 11.9 Å². The Hall–Kier alpha value is -3.08. The summed E-state index contributed by atoms with van der Waals surface area (Å²) in [6.45, 7) is 8.60. The number of ether oxygens (including phenoxy) is 2. The molecule has 0 atom stereocenters. The predicted octanol–water partition coefficient (Wildman–Crippen LogP) is 3.61. The van der Waals surface area contributed by atoms with E-state index in [1.807, 2.05) is 36.4 Å². The topological polar surface area (TPSA) is 72.8 Å². The van der Waals surface area contributed by atoms with Crippen molar-refractivity contribution in [3.05, 3.63) is 79.1 Å². The van der Waals surface area contributed by atoms with Gasteiger partial charge in [-0.15, -0.1) is 0 Å². The third kappa shape index (κ3) is 11.6. The molecule has 0 fully saturated rings. The molecule has 5 heteroatoms. The van der Waals surface area contributed by atoms with Crippen molar-refractivity contribution < 1.29 is 24.2 Å². The van der Waals surface area contributed by atoms with Crippen LogP contribution in [0.15, 0.2) is 73.6 Å². The van der Waals surface area contributed by atoms with Crippen LogP contribution in [0.5, 0.6) is 0 Å². The Bertz CT molecular complexity index is 585. The summed E-state index contributed by atoms with van der Waals surface area (Å²) in [6.07, 6.45) is 6.98. The van der Waals surface area contributed by atoms with Gasteiger partial charge in [0.05, 0.1) is 6.26 Å². The highest BCUT2D eigenvalue weighted by Gasteiger charge is 1.99. The highest BCUT2D eigenvalue weighted by Crippen LogP contribution is 2.00. The molecule has 1 aromatic carbocycles. The summed E-state index contributed by atoms with van der Waals surface area (Å²) in [5, 5.41) is 8.12. The molecule has 0 bridgehead atoms. The van der Waals surface area contributed by atoms with Gasteiger partial charge in [-0.05, 0) is 24.6 Å². The minimum Gasteiger partial charge on any atom is -0.516 e. The van der Waals surface area contributed by atoms with Gasteiger partial charge in [0.2, 0.25) is 0 Å². The van der Waals surface area contributed by atoms with Crippen molar-refractivity contribution in [3.63, 3.8) is 0 Å². The van der Waals surface area contributed by atoms with Crippen molar-refractivity contribution in [1.82, 2.24) is 0 Å². The summed E-state index contributed by atoms with van der Waals surface area (Å²) in [7, 11) is 0. The fraction of sp³-hybridized carbons (Fsp3) is 0.158. The molecule has 1 N–H and O–H groups in total. The molecule has 0 spiro atoms. The number of benzene rings is 1. The first-order chi connectivity index (χ1) is 11.5. The van der Waals surface area contributed by atoms with Crippen LogP contribution in [0.25, 0.3) is 6.08 Å². The molecule has 128 valence electrons. The van der Waals surface area contributed by atoms with E-state index in [-0.39, 0.29) is 13.2 Å². The highest BCUT2D eigenvalue weighted by molar-refractivity contribution is 5.86. The molecule has 0 unspecified atom stereocenters. The zero-order valence-electron chi connectivity index (χ0n) is 13.7. The maximum atomic E-state index is 10.6. The van der Waals surface area contributed by atoms with Crippen LogP contribution in [0.2, 0.25) is 0 Å². The highest BCUT2D eigenvalue weighted by atomic mass is 16.5. The molecule has 0 heterocycles. The largest absolute Gasteiger partial charge is 0.516 e. The molecule has 0 saturated heterocycles. The standard InChI is InChI=1S/C12H12O2.C7H10O3/c1-2-12(13)14-10-6-9-11-7-4-3-5-8-11;1-6(2)7(9)10-5-3-4-8/h2-9H,1,10H2;3-4,8H,1,5H2,2H3. The number of aliphatic hydroxyl groups excluding tert-OH is 1. The van der Waals surface area contributed by atoms with Crippen molar-refractivity contribution >= 4 is 18.0 Å². The second kappa shape index (κ2) is 13.6. The fourth-order valence-electron chi connectivity index (χ4n) is 1.23. The van der Waals surface area contributed by atoms with E-state index in [1.165, 1.54) is 6.08 Å². The molecule has 0 aliphatic carbocycles. The molecule has 1 rings (SSSR count). The number of hydrogen-bond donors (Lipinski definition) is 1. The maximum Gasteiger partial charge on any atom is 0.333 e. The molecule has 0 aromatic heterocycles. The van der Waals surface area contributed by atoms with Crippen LogP contribution >= 0.6 is 0 Å². The van der Waals surface area contributed by atoms with Gasteiger partial charge < -0.3 is 14.6 Å². The Kier molecular flexibility index (Phi) is 11.8. The van der Waals surface area contributed by atoms with Gasteiger partial charge in [-0.1, -0.05) is 49.6 Å². The Morgan fingerprint density at radius 2 is 1.75 bits per heavy atom. The molecule has 0 radical (unpaired) electrons. The van der Waals surface area contributed by atoms with Crippen molar-refractivity contribution in [1.29, 1.82) is 0 Å². The summed E-state index contributed by atoms with van der Waals surface area (Å²) < 4.78 is 9.33. The first-order valence-electron chi connectivity index (χ1n) is 7.14. The van der Waals surface area contributed by atoms with E-state index in [9.17, 15) is 9.59 Å². The van der Waals surface area contributed by atoms with Gasteiger partial charge in [0.15, 0.2) is 0 Å². The third-order valence-corrected chi connectivity index (χ3v) is 2.36. The number of esters is 2. The summed E-state index contributed by atoms with van der Waals surface area (Å²) in [5.41, 5.74) is 1.44. The van der Waals surface area contributed by atoms with Crippen LogP contribution in [-0.4, -0.2) is 30.3 Å². The fourth-order valence-corrected chi connectivity index (χ4v) is 1.23. The normalized spacial score (nSPS) is 9.88. The van der Waals surface area contributed by atoms with Crippen molar-refractivity contribution in [2.45, 2.75) is 6.92 Å². The first kappa shape index (κ1) is 20.9. The predicted molar refractivity (Wildman–Crippen MR) is 94.2 cm³/mol. The zero-order valence-corrected chi connectivity index (χ0v) is 13.7. The third-order valence-electron chi connectivity index (χ3n) is 2.36. The molecule has 5 nitrogen and oxygen atoms in total. The van der Waals surface area contributed by atoms with E-state index >= 15 is 0 Å². The van der Waals surface area contributed by atoms with Crippen LogP contribution < -0.4 is 0 Å². The van der Waals surface area contributed by atoms with Crippen LogP contribution in [0.4, 0.5) is 0 Å². The lowest BCUT2D eigenvalue weighted by molar-refractivity contribution is -0.138. The van der Waals surface area contributed by atoms with E-state index in [0.717, 1.165) is 17.9 Å². The van der Waals surface area contributed by atoms with Gasteiger partial charge in [0, 0.05) is 11.6 Å². The smallest absolute Gasteiger partial charge is 0.333 e. The van der Waals surface area contributed by atoms with Crippen LogP contribution in [0.1, 0.15) is 12.5 Å². The summed E-state index contributed by atoms with van der Waals surface area (Å²) in [4.78, 5) is 21.2. The lowest BCUT2D eigenvalue weighted by Gasteiger charge is -1.97. The molecule has 0 aliphatic rings. The van der Waals surface area contributed by atoms with E-state index in [1.54, 1.807) is 13.0 Å². The SMILES string of the molecule is C=C(C)C(=O)OCC=CO.C=CC(=O)OCC=Cc1ccccc1. The molecule has 24 heavy (non-hydrogen) atoms. The molecule has 0 aliphatic heterocycles. The maximum absolute atomic E-state index is 10.6. The molecular formula is C19H22O5. The monoisotopic (exact) mass is 330 g/mol. The van der Waals surface area contributed by atoms with E-state index in [0.29, 0.717) is 5.57 Å². The minimum absolute atomic E-state index is 0.0855. The van der Waals surface area contributed by atoms with Gasteiger partial charge in [-0.25, -0.2) is 9.59 Å². The summed E-state index contributed by atoms with van der Waals surface area (Å²) >= 11 is 0. The van der Waals surface area contributed by atoms with Crippen molar-refractivity contribution in [3.8, 4) is 0 Å². The average molecular weight is 330 g/mol. The molecule has 1 aromatic rings. The Morgan fingerprint density at radius 1 is 1.12 bits per heavy atom. The zero-order chi connectivity index (χ0) is 18.2. The quantitative estimate of drug-likeness (QED) is 0.470. The second-order valence-corrected chi connectivity index (χ2v) is 4.41. The number of rotatable bonds is 7. The minimum atomic E-state index is -0.446. The Labute approximate surface area is 142 Å². The molecule has 0 amide bonds. The second-order valence-electron chi connectivity index (χ2n) is 4.41. The Morgan fingerprint density at radius 3 is 2.29 bits per heavy atom. The van der Waals surface area contributed by atoms with E-state index in [2.05, 4.69) is 17.9 Å². The molecular weight excluding hydrogens is 308 g/mol. The van der Waals surface area contributed by atoms with Crippen molar-refractivity contribution in [2.24, 2.45) is 0 Å².